The van der Waals surface area contributed by atoms with Crippen LogP contribution < -0.4 is 11.1 Å². The fraction of sp³-hybridized carbons (Fsp3) is 0.333. The van der Waals surface area contributed by atoms with Gasteiger partial charge >= 0.3 is 6.18 Å². The number of halogens is 3. The van der Waals surface area contributed by atoms with Crippen LogP contribution in [0.3, 0.4) is 0 Å². The van der Waals surface area contributed by atoms with Crippen molar-refractivity contribution < 1.29 is 22.8 Å². The number of benzene rings is 1. The molecule has 0 aliphatic heterocycles. The first-order valence-corrected chi connectivity index (χ1v) is 6.46. The molecule has 7 heteroatoms. The van der Waals surface area contributed by atoms with Crippen molar-refractivity contribution in [2.24, 2.45) is 5.73 Å². The Bertz CT molecular complexity index is 578. The molecule has 0 heterocycles. The maximum absolute atomic E-state index is 12.3. The lowest BCUT2D eigenvalue weighted by atomic mass is 9.96. The Morgan fingerprint density at radius 2 is 1.73 bits per heavy atom. The molecule has 0 aromatic heterocycles. The lowest BCUT2D eigenvalue weighted by Crippen LogP contribution is -2.44. The van der Waals surface area contributed by atoms with Crippen LogP contribution in [0.1, 0.15) is 30.6 Å². The van der Waals surface area contributed by atoms with Crippen molar-refractivity contribution in [2.75, 3.05) is 0 Å². The number of nitrogens with two attached hydrogens (primary N) is 1. The van der Waals surface area contributed by atoms with E-state index in [4.69, 9.17) is 5.73 Å². The fourth-order valence-corrected chi connectivity index (χ4v) is 1.76. The summed E-state index contributed by atoms with van der Waals surface area (Å²) in [6.45, 7) is 3.09. The lowest BCUT2D eigenvalue weighted by Gasteiger charge is -2.25. The van der Waals surface area contributed by atoms with Crippen LogP contribution in [-0.4, -0.2) is 23.4 Å². The molecule has 0 aliphatic rings. The van der Waals surface area contributed by atoms with Gasteiger partial charge in [0.25, 0.3) is 5.91 Å². The molecule has 0 radical (unpaired) electrons. The van der Waals surface area contributed by atoms with E-state index in [-0.39, 0.29) is 6.42 Å². The van der Waals surface area contributed by atoms with Crippen molar-refractivity contribution >= 4 is 11.7 Å². The summed E-state index contributed by atoms with van der Waals surface area (Å²) in [6, 6.07) is 8.29. The highest BCUT2D eigenvalue weighted by Gasteiger charge is 2.33. The molecule has 1 aromatic rings. The van der Waals surface area contributed by atoms with Gasteiger partial charge in [-0.05, 0) is 26.0 Å². The molecule has 0 saturated carbocycles. The maximum atomic E-state index is 12.3. The van der Waals surface area contributed by atoms with Gasteiger partial charge in [-0.1, -0.05) is 18.2 Å². The summed E-state index contributed by atoms with van der Waals surface area (Å²) in [5.74, 6) is -1.22. The zero-order valence-electron chi connectivity index (χ0n) is 12.2. The lowest BCUT2D eigenvalue weighted by molar-refractivity contribution is -0.117. The van der Waals surface area contributed by atoms with Crippen LogP contribution in [0.2, 0.25) is 0 Å². The van der Waals surface area contributed by atoms with Gasteiger partial charge in [-0.25, -0.2) is 0 Å². The Morgan fingerprint density at radius 3 is 2.23 bits per heavy atom. The number of hydrogen-bond donors (Lipinski definition) is 2. The first kappa shape index (κ1) is 17.7. The van der Waals surface area contributed by atoms with Crippen molar-refractivity contribution in [3.8, 4) is 0 Å². The van der Waals surface area contributed by atoms with E-state index >= 15 is 0 Å². The largest absolute Gasteiger partial charge is 0.430 e. The number of nitrogens with one attached hydrogen (secondary N) is 1. The van der Waals surface area contributed by atoms with Crippen molar-refractivity contribution in [1.82, 2.24) is 5.32 Å². The zero-order chi connectivity index (χ0) is 17.0. The molecule has 0 bridgehead atoms. The maximum Gasteiger partial charge on any atom is 0.430 e. The van der Waals surface area contributed by atoms with Gasteiger partial charge in [0.15, 0.2) is 5.78 Å². The average molecular weight is 314 g/mol. The second kappa shape index (κ2) is 6.64. The van der Waals surface area contributed by atoms with E-state index in [2.05, 4.69) is 5.32 Å². The van der Waals surface area contributed by atoms with Gasteiger partial charge in [-0.2, -0.15) is 13.2 Å². The van der Waals surface area contributed by atoms with E-state index in [0.717, 1.165) is 0 Å². The Hall–Kier alpha value is -2.31. The third-order valence-electron chi connectivity index (χ3n) is 2.75. The van der Waals surface area contributed by atoms with Crippen LogP contribution in [0.5, 0.6) is 0 Å². The number of hydrogen-bond acceptors (Lipinski definition) is 3. The number of alkyl halides is 3. The Morgan fingerprint density at radius 1 is 1.18 bits per heavy atom. The van der Waals surface area contributed by atoms with E-state index in [9.17, 15) is 22.8 Å². The number of amides is 1. The van der Waals surface area contributed by atoms with Gasteiger partial charge < -0.3 is 11.1 Å². The molecule has 1 aromatic carbocycles. The molecule has 3 N–H and O–H groups in total. The predicted molar refractivity (Wildman–Crippen MR) is 75.9 cm³/mol. The Kier molecular flexibility index (Phi) is 5.35. The molecule has 4 nitrogen and oxygen atoms in total. The Labute approximate surface area is 126 Å². The van der Waals surface area contributed by atoms with Gasteiger partial charge in [0.1, 0.15) is 5.70 Å². The smallest absolute Gasteiger partial charge is 0.395 e. The van der Waals surface area contributed by atoms with Crippen molar-refractivity contribution in [2.45, 2.75) is 32.0 Å². The molecule has 22 heavy (non-hydrogen) atoms. The molecule has 1 rings (SSSR count). The number of allylic oxidation sites excluding steroid dienone is 2. The molecule has 0 saturated heterocycles. The molecular formula is C15H17F3N2O2. The van der Waals surface area contributed by atoms with Gasteiger partial charge in [0, 0.05) is 23.6 Å². The van der Waals surface area contributed by atoms with Crippen LogP contribution in [0.4, 0.5) is 13.2 Å². The zero-order valence-corrected chi connectivity index (χ0v) is 12.2. The second-order valence-electron chi connectivity index (χ2n) is 5.44. The van der Waals surface area contributed by atoms with Gasteiger partial charge in [0.2, 0.25) is 0 Å². The fourth-order valence-electron chi connectivity index (χ4n) is 1.76. The van der Waals surface area contributed by atoms with E-state index < -0.39 is 29.1 Å². The average Bonchev–Trinajstić information content (AvgIpc) is 2.37. The van der Waals surface area contributed by atoms with Crippen LogP contribution in [0.25, 0.3) is 0 Å². The summed E-state index contributed by atoms with van der Waals surface area (Å²) in [7, 11) is 0. The highest BCUT2D eigenvalue weighted by atomic mass is 19.4. The molecule has 0 unspecified atom stereocenters. The highest BCUT2D eigenvalue weighted by Crippen LogP contribution is 2.22. The minimum absolute atomic E-state index is 0.303. The van der Waals surface area contributed by atoms with Crippen LogP contribution in [0, 0.1) is 0 Å². The quantitative estimate of drug-likeness (QED) is 0.821. The minimum atomic E-state index is -4.74. The molecule has 0 atom stereocenters. The first-order valence-electron chi connectivity index (χ1n) is 6.46. The van der Waals surface area contributed by atoms with E-state index in [0.29, 0.717) is 11.6 Å². The molecule has 0 fully saturated rings. The van der Waals surface area contributed by atoms with Crippen molar-refractivity contribution in [3.63, 3.8) is 0 Å². The normalized spacial score (nSPS) is 12.9. The summed E-state index contributed by atoms with van der Waals surface area (Å²) in [5.41, 5.74) is 2.72. The van der Waals surface area contributed by atoms with E-state index in [1.807, 2.05) is 0 Å². The standard InChI is InChI=1S/C15H17F3N2O2/c1-14(2,9-11(21)8-12(19)15(16,17)18)20-13(22)10-6-4-3-5-7-10/h3-8H,9,19H2,1-2H3,(H,20,22)/b12-8-. The molecule has 0 spiro atoms. The SMILES string of the molecule is CC(C)(CC(=O)/C=C(\N)C(F)(F)F)NC(=O)c1ccccc1. The molecule has 0 aliphatic carbocycles. The second-order valence-corrected chi connectivity index (χ2v) is 5.44. The molecule has 1 amide bonds. The number of carbonyl (C=O) groups excluding carboxylic acids is 2. The van der Waals surface area contributed by atoms with Gasteiger partial charge in [0.05, 0.1) is 0 Å². The van der Waals surface area contributed by atoms with Gasteiger partial charge in [-0.3, -0.25) is 9.59 Å². The number of rotatable bonds is 5. The molecule has 120 valence electrons. The third kappa shape index (κ3) is 5.59. The van der Waals surface area contributed by atoms with Crippen LogP contribution in [-0.2, 0) is 4.79 Å². The summed E-state index contributed by atoms with van der Waals surface area (Å²) in [4.78, 5) is 23.6. The molecular weight excluding hydrogens is 297 g/mol. The monoisotopic (exact) mass is 314 g/mol. The number of ketones is 1. The Balaban J connectivity index is 2.72. The van der Waals surface area contributed by atoms with Crippen molar-refractivity contribution in [1.29, 1.82) is 0 Å². The van der Waals surface area contributed by atoms with Crippen LogP contribution >= 0.6 is 0 Å². The number of carbonyl (C=O) groups is 2. The summed E-state index contributed by atoms with van der Waals surface area (Å²) in [6.07, 6.45) is -4.70. The van der Waals surface area contributed by atoms with E-state index in [1.165, 1.54) is 0 Å². The third-order valence-corrected chi connectivity index (χ3v) is 2.75. The summed E-state index contributed by atoms with van der Waals surface area (Å²) in [5, 5.41) is 2.60. The predicted octanol–water partition coefficient (Wildman–Crippen LogP) is 2.56. The van der Waals surface area contributed by atoms with Crippen molar-refractivity contribution in [3.05, 3.63) is 47.7 Å². The summed E-state index contributed by atoms with van der Waals surface area (Å²) < 4.78 is 36.8. The summed E-state index contributed by atoms with van der Waals surface area (Å²) >= 11 is 0. The minimum Gasteiger partial charge on any atom is -0.395 e. The highest BCUT2D eigenvalue weighted by molar-refractivity contribution is 5.96. The first-order chi connectivity index (χ1) is 10.0. The van der Waals surface area contributed by atoms with Crippen LogP contribution in [0.15, 0.2) is 42.1 Å². The van der Waals surface area contributed by atoms with E-state index in [1.54, 1.807) is 44.2 Å². The van der Waals surface area contributed by atoms with Gasteiger partial charge in [-0.15, -0.1) is 0 Å². The topological polar surface area (TPSA) is 72.2 Å².